The largest absolute Gasteiger partial charge is 0.488 e. The van der Waals surface area contributed by atoms with Crippen LogP contribution in [0.2, 0.25) is 5.02 Å². The summed E-state index contributed by atoms with van der Waals surface area (Å²) in [5, 5.41) is -0.108. The molecular weight excluding hydrogens is 354 g/mol. The molecule has 130 valence electrons. The number of carbonyl (C=O) groups excluding carboxylic acids is 2. The second-order valence-corrected chi connectivity index (χ2v) is 5.51. The van der Waals surface area contributed by atoms with Crippen LogP contribution in [0.5, 0.6) is 5.75 Å². The summed E-state index contributed by atoms with van der Waals surface area (Å²) in [5.41, 5.74) is -0.492. The van der Waals surface area contributed by atoms with Gasteiger partial charge in [0.05, 0.1) is 16.6 Å². The number of rotatable bonds is 4. The minimum Gasteiger partial charge on any atom is -0.488 e. The molecule has 0 atom stereocenters. The number of anilines is 1. The van der Waals surface area contributed by atoms with Gasteiger partial charge in [-0.1, -0.05) is 24.3 Å². The summed E-state index contributed by atoms with van der Waals surface area (Å²) in [6, 6.07) is 1.83. The lowest BCUT2D eigenvalue weighted by molar-refractivity contribution is -0.185. The van der Waals surface area contributed by atoms with Gasteiger partial charge in [0.15, 0.2) is 0 Å². The second-order valence-electron chi connectivity index (χ2n) is 5.10. The standard InChI is InChI=1S/C15H12ClF4NO3/c1-2-3-24-12-7-11(10(17)6-9(12)16)21-13(22)4-8(5-14(21)23)15(18,19)20/h2,6-8H,1,3-5H2. The Morgan fingerprint density at radius 2 is 1.88 bits per heavy atom. The van der Waals surface area contributed by atoms with Crippen molar-refractivity contribution >= 4 is 29.1 Å². The molecule has 0 spiro atoms. The summed E-state index contributed by atoms with van der Waals surface area (Å²) in [7, 11) is 0. The number of alkyl halides is 3. The first kappa shape index (κ1) is 18.3. The number of hydrogen-bond acceptors (Lipinski definition) is 3. The molecule has 0 aromatic heterocycles. The predicted molar refractivity (Wildman–Crippen MR) is 78.4 cm³/mol. The number of imide groups is 1. The Balaban J connectivity index is 2.36. The van der Waals surface area contributed by atoms with Crippen molar-refractivity contribution in [1.82, 2.24) is 0 Å². The van der Waals surface area contributed by atoms with Crippen LogP contribution < -0.4 is 9.64 Å². The SMILES string of the molecule is C=CCOc1cc(N2C(=O)CC(C(F)(F)F)CC2=O)c(F)cc1Cl. The smallest absolute Gasteiger partial charge is 0.392 e. The van der Waals surface area contributed by atoms with Gasteiger partial charge in [0.1, 0.15) is 18.2 Å². The van der Waals surface area contributed by atoms with E-state index >= 15 is 0 Å². The number of amides is 2. The highest BCUT2D eigenvalue weighted by Gasteiger charge is 2.48. The number of halogens is 5. The van der Waals surface area contributed by atoms with Gasteiger partial charge in [-0.2, -0.15) is 13.2 Å². The topological polar surface area (TPSA) is 46.6 Å². The van der Waals surface area contributed by atoms with Gasteiger partial charge in [0.2, 0.25) is 11.8 Å². The molecule has 1 aliphatic rings. The van der Waals surface area contributed by atoms with E-state index in [1.54, 1.807) is 0 Å². The van der Waals surface area contributed by atoms with Crippen LogP contribution in [0, 0.1) is 11.7 Å². The van der Waals surface area contributed by atoms with Crippen molar-refractivity contribution in [3.05, 3.63) is 35.6 Å². The minimum atomic E-state index is -4.67. The number of piperidine rings is 1. The van der Waals surface area contributed by atoms with E-state index in [1.807, 2.05) is 0 Å². The molecule has 0 saturated carbocycles. The fraction of sp³-hybridized carbons (Fsp3) is 0.333. The van der Waals surface area contributed by atoms with Crippen molar-refractivity contribution in [3.63, 3.8) is 0 Å². The lowest BCUT2D eigenvalue weighted by atomic mass is 9.94. The second kappa shape index (κ2) is 6.80. The third-order valence-corrected chi connectivity index (χ3v) is 3.70. The number of benzene rings is 1. The van der Waals surface area contributed by atoms with E-state index in [-0.39, 0.29) is 17.4 Å². The fourth-order valence-corrected chi connectivity index (χ4v) is 2.47. The average molecular weight is 366 g/mol. The predicted octanol–water partition coefficient (Wildman–Crippen LogP) is 3.88. The minimum absolute atomic E-state index is 0.0217. The maximum Gasteiger partial charge on any atom is 0.392 e. The van der Waals surface area contributed by atoms with E-state index in [0.717, 1.165) is 12.1 Å². The third kappa shape index (κ3) is 3.69. The molecule has 0 bridgehead atoms. The highest BCUT2D eigenvalue weighted by atomic mass is 35.5. The van der Waals surface area contributed by atoms with Crippen LogP contribution in [0.3, 0.4) is 0 Å². The Morgan fingerprint density at radius 3 is 2.38 bits per heavy atom. The summed E-state index contributed by atoms with van der Waals surface area (Å²) in [5.74, 6) is -5.38. The van der Waals surface area contributed by atoms with Crippen LogP contribution in [0.25, 0.3) is 0 Å². The monoisotopic (exact) mass is 365 g/mol. The summed E-state index contributed by atoms with van der Waals surface area (Å²) in [4.78, 5) is 24.3. The highest BCUT2D eigenvalue weighted by molar-refractivity contribution is 6.32. The van der Waals surface area contributed by atoms with E-state index in [9.17, 15) is 27.2 Å². The molecule has 1 heterocycles. The molecule has 24 heavy (non-hydrogen) atoms. The van der Waals surface area contributed by atoms with Gasteiger partial charge in [0.25, 0.3) is 0 Å². The summed E-state index contributed by atoms with van der Waals surface area (Å²) in [6.45, 7) is 3.45. The molecule has 0 radical (unpaired) electrons. The molecular formula is C15H12ClF4NO3. The Labute approximate surface area is 139 Å². The van der Waals surface area contributed by atoms with Gasteiger partial charge < -0.3 is 4.74 Å². The van der Waals surface area contributed by atoms with Crippen molar-refractivity contribution in [2.45, 2.75) is 19.0 Å². The van der Waals surface area contributed by atoms with Crippen molar-refractivity contribution < 1.29 is 31.9 Å². The van der Waals surface area contributed by atoms with Crippen molar-refractivity contribution in [1.29, 1.82) is 0 Å². The quantitative estimate of drug-likeness (QED) is 0.462. The van der Waals surface area contributed by atoms with E-state index in [2.05, 4.69) is 6.58 Å². The molecule has 0 aliphatic carbocycles. The van der Waals surface area contributed by atoms with Crippen LogP contribution >= 0.6 is 11.6 Å². The Bertz CT molecular complexity index is 672. The van der Waals surface area contributed by atoms with Crippen molar-refractivity contribution in [3.8, 4) is 5.75 Å². The highest BCUT2D eigenvalue weighted by Crippen LogP contribution is 2.39. The van der Waals surface area contributed by atoms with Crippen molar-refractivity contribution in [2.24, 2.45) is 5.92 Å². The lowest BCUT2D eigenvalue weighted by Gasteiger charge is -2.31. The van der Waals surface area contributed by atoms with E-state index in [1.165, 1.54) is 6.08 Å². The van der Waals surface area contributed by atoms with Gasteiger partial charge in [-0.3, -0.25) is 9.59 Å². The Hall–Kier alpha value is -2.09. The Morgan fingerprint density at radius 1 is 1.29 bits per heavy atom. The maximum atomic E-state index is 14.1. The molecule has 9 heteroatoms. The maximum absolute atomic E-state index is 14.1. The molecule has 0 unspecified atom stereocenters. The molecule has 1 aromatic rings. The first-order chi connectivity index (χ1) is 11.1. The molecule has 4 nitrogen and oxygen atoms in total. The van der Waals surface area contributed by atoms with E-state index < -0.39 is 48.3 Å². The van der Waals surface area contributed by atoms with E-state index in [0.29, 0.717) is 4.90 Å². The summed E-state index contributed by atoms with van der Waals surface area (Å²) in [6.07, 6.45) is -5.14. The van der Waals surface area contributed by atoms with Crippen LogP contribution in [-0.4, -0.2) is 24.6 Å². The molecule has 2 rings (SSSR count). The molecule has 2 amide bonds. The summed E-state index contributed by atoms with van der Waals surface area (Å²) >= 11 is 5.80. The zero-order chi connectivity index (χ0) is 18.1. The zero-order valence-corrected chi connectivity index (χ0v) is 13.0. The average Bonchev–Trinajstić information content (AvgIpc) is 2.46. The Kier molecular flexibility index (Phi) is 5.17. The van der Waals surface area contributed by atoms with E-state index in [4.69, 9.17) is 16.3 Å². The van der Waals surface area contributed by atoms with Crippen LogP contribution in [0.15, 0.2) is 24.8 Å². The van der Waals surface area contributed by atoms with Gasteiger partial charge in [-0.15, -0.1) is 0 Å². The van der Waals surface area contributed by atoms with Gasteiger partial charge >= 0.3 is 6.18 Å². The third-order valence-electron chi connectivity index (χ3n) is 3.40. The first-order valence-corrected chi connectivity index (χ1v) is 7.18. The van der Waals surface area contributed by atoms with Crippen LogP contribution in [0.1, 0.15) is 12.8 Å². The number of ether oxygens (including phenoxy) is 1. The molecule has 1 saturated heterocycles. The van der Waals surface area contributed by atoms with Crippen LogP contribution in [-0.2, 0) is 9.59 Å². The molecule has 0 N–H and O–H groups in total. The fourth-order valence-electron chi connectivity index (χ4n) is 2.26. The van der Waals surface area contributed by atoms with Crippen molar-refractivity contribution in [2.75, 3.05) is 11.5 Å². The lowest BCUT2D eigenvalue weighted by Crippen LogP contribution is -2.47. The van der Waals surface area contributed by atoms with Crippen LogP contribution in [0.4, 0.5) is 23.2 Å². The van der Waals surface area contributed by atoms with Gasteiger partial charge in [0, 0.05) is 18.9 Å². The molecule has 1 aliphatic heterocycles. The van der Waals surface area contributed by atoms with Gasteiger partial charge in [-0.05, 0) is 6.07 Å². The number of carbonyl (C=O) groups is 2. The summed E-state index contributed by atoms with van der Waals surface area (Å²) < 4.78 is 57.4. The first-order valence-electron chi connectivity index (χ1n) is 6.80. The zero-order valence-electron chi connectivity index (χ0n) is 12.2. The molecule has 1 fully saturated rings. The number of nitrogens with zero attached hydrogens (tertiary/aromatic N) is 1. The number of hydrogen-bond donors (Lipinski definition) is 0. The normalized spacial score (nSPS) is 16.5. The molecule has 1 aromatic carbocycles. The van der Waals surface area contributed by atoms with Gasteiger partial charge in [-0.25, -0.2) is 9.29 Å².